The van der Waals surface area contributed by atoms with Crippen LogP contribution in [-0.4, -0.2) is 41.4 Å². The van der Waals surface area contributed by atoms with E-state index in [2.05, 4.69) is 50.8 Å². The highest BCUT2D eigenvalue weighted by Crippen LogP contribution is 2.23. The zero-order chi connectivity index (χ0) is 14.0. The van der Waals surface area contributed by atoms with Crippen molar-refractivity contribution in [1.82, 2.24) is 4.90 Å². The Labute approximate surface area is 116 Å². The first kappa shape index (κ1) is 14.5. The number of ether oxygens (including phenoxy) is 1. The zero-order valence-electron chi connectivity index (χ0n) is 12.4. The molecule has 1 fully saturated rings. The number of aryl methyl sites for hydroxylation is 2. The van der Waals surface area contributed by atoms with E-state index < -0.39 is 0 Å². The van der Waals surface area contributed by atoms with Crippen LogP contribution in [0.5, 0.6) is 0 Å². The quantitative estimate of drug-likeness (QED) is 0.908. The summed E-state index contributed by atoms with van der Waals surface area (Å²) in [6, 6.07) is 6.59. The van der Waals surface area contributed by atoms with Crippen molar-refractivity contribution in [1.29, 1.82) is 0 Å². The Morgan fingerprint density at radius 1 is 1.37 bits per heavy atom. The summed E-state index contributed by atoms with van der Waals surface area (Å²) in [7, 11) is 0. The summed E-state index contributed by atoms with van der Waals surface area (Å²) in [4.78, 5) is 2.38. The van der Waals surface area contributed by atoms with Crippen LogP contribution in [0.3, 0.4) is 0 Å². The highest BCUT2D eigenvalue weighted by molar-refractivity contribution is 5.30. The van der Waals surface area contributed by atoms with Gasteiger partial charge < -0.3 is 9.84 Å². The lowest BCUT2D eigenvalue weighted by molar-refractivity contribution is -0.150. The van der Waals surface area contributed by atoms with Crippen LogP contribution in [0.2, 0.25) is 0 Å². The fraction of sp³-hybridized carbons (Fsp3) is 0.625. The van der Waals surface area contributed by atoms with Gasteiger partial charge in [-0.1, -0.05) is 23.8 Å². The molecule has 2 rings (SSSR count). The van der Waals surface area contributed by atoms with Gasteiger partial charge in [0.05, 0.1) is 18.3 Å². The number of benzene rings is 1. The third-order valence-corrected chi connectivity index (χ3v) is 3.65. The average molecular weight is 263 g/mol. The van der Waals surface area contributed by atoms with E-state index >= 15 is 0 Å². The topological polar surface area (TPSA) is 32.7 Å². The molecule has 1 saturated heterocycles. The summed E-state index contributed by atoms with van der Waals surface area (Å²) in [5.41, 5.74) is 3.81. The lowest BCUT2D eigenvalue weighted by atomic mass is 10.0. The van der Waals surface area contributed by atoms with Crippen molar-refractivity contribution in [3.63, 3.8) is 0 Å². The molecule has 1 aromatic rings. The molecule has 1 unspecified atom stereocenters. The summed E-state index contributed by atoms with van der Waals surface area (Å²) < 4.78 is 5.85. The zero-order valence-corrected chi connectivity index (χ0v) is 12.4. The summed E-state index contributed by atoms with van der Waals surface area (Å²) in [6.45, 7) is 11.2. The van der Waals surface area contributed by atoms with Crippen LogP contribution < -0.4 is 0 Å². The minimum absolute atomic E-state index is 0.0751. The third kappa shape index (κ3) is 3.78. The number of nitrogens with zero attached hydrogens (tertiary/aromatic N) is 1. The minimum Gasteiger partial charge on any atom is -0.394 e. The Hall–Kier alpha value is -0.900. The molecule has 1 aliphatic rings. The second-order valence-corrected chi connectivity index (χ2v) is 6.28. The summed E-state index contributed by atoms with van der Waals surface area (Å²) in [5, 5.41) is 9.35. The molecule has 0 spiro atoms. The van der Waals surface area contributed by atoms with E-state index in [0.29, 0.717) is 0 Å². The maximum atomic E-state index is 9.35. The number of rotatable bonds is 3. The Balaban J connectivity index is 2.11. The molecule has 0 aliphatic carbocycles. The smallest absolute Gasteiger partial charge is 0.0940 e. The van der Waals surface area contributed by atoms with Gasteiger partial charge in [-0.2, -0.15) is 0 Å². The maximum absolute atomic E-state index is 9.35. The Kier molecular flexibility index (Phi) is 4.29. The standard InChI is InChI=1S/C16H25NO2/c1-12-5-6-13(2)14(7-12)8-17-9-15(10-18)19-16(3,4)11-17/h5-7,15,18H,8-11H2,1-4H3. The Bertz CT molecular complexity index is 442. The molecular formula is C16H25NO2. The summed E-state index contributed by atoms with van der Waals surface area (Å²) >= 11 is 0. The summed E-state index contributed by atoms with van der Waals surface area (Å²) in [5.74, 6) is 0. The maximum Gasteiger partial charge on any atom is 0.0940 e. The van der Waals surface area contributed by atoms with E-state index in [-0.39, 0.29) is 18.3 Å². The predicted octanol–water partition coefficient (Wildman–Crippen LogP) is 2.28. The van der Waals surface area contributed by atoms with Crippen molar-refractivity contribution < 1.29 is 9.84 Å². The lowest BCUT2D eigenvalue weighted by Gasteiger charge is -2.42. The number of hydrogen-bond acceptors (Lipinski definition) is 3. The van der Waals surface area contributed by atoms with Gasteiger partial charge in [0.2, 0.25) is 0 Å². The van der Waals surface area contributed by atoms with Gasteiger partial charge in [0, 0.05) is 19.6 Å². The van der Waals surface area contributed by atoms with Crippen molar-refractivity contribution in [3.05, 3.63) is 34.9 Å². The normalized spacial score (nSPS) is 23.5. The van der Waals surface area contributed by atoms with Crippen LogP contribution >= 0.6 is 0 Å². The largest absolute Gasteiger partial charge is 0.394 e. The summed E-state index contributed by atoms with van der Waals surface area (Å²) in [6.07, 6.45) is -0.0751. The molecule has 1 atom stereocenters. The van der Waals surface area contributed by atoms with Crippen LogP contribution in [0.25, 0.3) is 0 Å². The van der Waals surface area contributed by atoms with E-state index in [1.54, 1.807) is 0 Å². The number of aliphatic hydroxyl groups is 1. The minimum atomic E-state index is -0.191. The first-order valence-corrected chi connectivity index (χ1v) is 6.97. The lowest BCUT2D eigenvalue weighted by Crippen LogP contribution is -2.53. The molecule has 1 aliphatic heterocycles. The van der Waals surface area contributed by atoms with Crippen LogP contribution in [-0.2, 0) is 11.3 Å². The van der Waals surface area contributed by atoms with E-state index in [0.717, 1.165) is 19.6 Å². The van der Waals surface area contributed by atoms with Gasteiger partial charge in [0.25, 0.3) is 0 Å². The third-order valence-electron chi connectivity index (χ3n) is 3.65. The molecule has 0 radical (unpaired) electrons. The fourth-order valence-electron chi connectivity index (χ4n) is 2.84. The Morgan fingerprint density at radius 3 is 2.79 bits per heavy atom. The van der Waals surface area contributed by atoms with Gasteiger partial charge in [0.15, 0.2) is 0 Å². The SMILES string of the molecule is Cc1ccc(C)c(CN2CC(CO)OC(C)(C)C2)c1. The Morgan fingerprint density at radius 2 is 2.11 bits per heavy atom. The molecule has 3 heteroatoms. The highest BCUT2D eigenvalue weighted by Gasteiger charge is 2.32. The van der Waals surface area contributed by atoms with Crippen LogP contribution in [0.1, 0.15) is 30.5 Å². The molecule has 1 N–H and O–H groups in total. The second kappa shape index (κ2) is 5.61. The van der Waals surface area contributed by atoms with Crippen molar-refractivity contribution in [2.24, 2.45) is 0 Å². The fourth-order valence-corrected chi connectivity index (χ4v) is 2.84. The van der Waals surface area contributed by atoms with Gasteiger partial charge in [-0.15, -0.1) is 0 Å². The van der Waals surface area contributed by atoms with Crippen molar-refractivity contribution in [2.45, 2.75) is 45.9 Å². The molecule has 1 heterocycles. The molecule has 0 saturated carbocycles. The van der Waals surface area contributed by atoms with Gasteiger partial charge in [-0.25, -0.2) is 0 Å². The molecule has 1 aromatic carbocycles. The molecule has 0 amide bonds. The number of morpholine rings is 1. The molecule has 0 aromatic heterocycles. The van der Waals surface area contributed by atoms with Crippen molar-refractivity contribution >= 4 is 0 Å². The van der Waals surface area contributed by atoms with Gasteiger partial charge in [-0.3, -0.25) is 4.90 Å². The van der Waals surface area contributed by atoms with Crippen molar-refractivity contribution in [2.75, 3.05) is 19.7 Å². The number of hydrogen-bond donors (Lipinski definition) is 1. The van der Waals surface area contributed by atoms with Crippen LogP contribution in [0.4, 0.5) is 0 Å². The predicted molar refractivity (Wildman–Crippen MR) is 77.2 cm³/mol. The second-order valence-electron chi connectivity index (χ2n) is 6.28. The van der Waals surface area contributed by atoms with Crippen molar-refractivity contribution in [3.8, 4) is 0 Å². The molecule has 0 bridgehead atoms. The van der Waals surface area contributed by atoms with E-state index in [4.69, 9.17) is 4.74 Å². The van der Waals surface area contributed by atoms with Crippen LogP contribution in [0.15, 0.2) is 18.2 Å². The monoisotopic (exact) mass is 263 g/mol. The number of aliphatic hydroxyl groups excluding tert-OH is 1. The van der Waals surface area contributed by atoms with Crippen LogP contribution in [0, 0.1) is 13.8 Å². The van der Waals surface area contributed by atoms with Gasteiger partial charge >= 0.3 is 0 Å². The first-order chi connectivity index (χ1) is 8.89. The average Bonchev–Trinajstić information content (AvgIpc) is 2.32. The highest BCUT2D eigenvalue weighted by atomic mass is 16.5. The van der Waals surface area contributed by atoms with Gasteiger partial charge in [0.1, 0.15) is 0 Å². The molecule has 19 heavy (non-hydrogen) atoms. The molecular weight excluding hydrogens is 238 g/mol. The molecule has 3 nitrogen and oxygen atoms in total. The van der Waals surface area contributed by atoms with E-state index in [1.165, 1.54) is 16.7 Å². The molecule has 106 valence electrons. The van der Waals surface area contributed by atoms with E-state index in [1.807, 2.05) is 0 Å². The van der Waals surface area contributed by atoms with Gasteiger partial charge in [-0.05, 0) is 38.8 Å². The first-order valence-electron chi connectivity index (χ1n) is 6.97. The van der Waals surface area contributed by atoms with E-state index in [9.17, 15) is 5.11 Å².